The van der Waals surface area contributed by atoms with E-state index in [9.17, 15) is 4.79 Å². The van der Waals surface area contributed by atoms with Crippen LogP contribution in [0.2, 0.25) is 0 Å². The Morgan fingerprint density at radius 1 is 1.67 bits per heavy atom. The predicted molar refractivity (Wildman–Crippen MR) is 53.8 cm³/mol. The average molecular weight is 209 g/mol. The number of carbonyl (C=O) groups excluding carboxylic acids is 1. The van der Waals surface area contributed by atoms with Crippen molar-refractivity contribution >= 4 is 6.29 Å². The first-order valence-electron chi connectivity index (χ1n) is 5.29. The Hall–Kier alpha value is -1.23. The molecule has 1 atom stereocenters. The molecular weight excluding hydrogens is 194 g/mol. The maximum absolute atomic E-state index is 10.8. The second-order valence-electron chi connectivity index (χ2n) is 4.06. The van der Waals surface area contributed by atoms with E-state index in [-0.39, 0.29) is 12.6 Å². The van der Waals surface area contributed by atoms with E-state index in [0.717, 1.165) is 24.8 Å². The van der Waals surface area contributed by atoms with Gasteiger partial charge >= 0.3 is 0 Å². The van der Waals surface area contributed by atoms with Gasteiger partial charge in [0.05, 0.1) is 11.7 Å². The smallest absolute Gasteiger partial charge is 0.172 e. The number of aliphatic hydroxyl groups excluding tert-OH is 1. The van der Waals surface area contributed by atoms with Gasteiger partial charge in [0.25, 0.3) is 0 Å². The lowest BCUT2D eigenvalue weighted by Gasteiger charge is -2.12. The molecule has 1 aromatic rings. The van der Waals surface area contributed by atoms with Gasteiger partial charge in [0, 0.05) is 12.5 Å². The van der Waals surface area contributed by atoms with Crippen molar-refractivity contribution < 1.29 is 9.90 Å². The summed E-state index contributed by atoms with van der Waals surface area (Å²) in [6.45, 7) is 2.10. The highest BCUT2D eigenvalue weighted by Crippen LogP contribution is 2.41. The Labute approximate surface area is 88.1 Å². The van der Waals surface area contributed by atoms with Gasteiger partial charge in [-0.1, -0.05) is 5.21 Å². The number of hydrogen-bond acceptors (Lipinski definition) is 4. The minimum Gasteiger partial charge on any atom is -0.396 e. The van der Waals surface area contributed by atoms with Crippen molar-refractivity contribution in [3.8, 4) is 0 Å². The molecule has 1 heterocycles. The van der Waals surface area contributed by atoms with Crippen LogP contribution in [0, 0.1) is 0 Å². The van der Waals surface area contributed by atoms with Gasteiger partial charge in [0.15, 0.2) is 6.29 Å². The van der Waals surface area contributed by atoms with Crippen molar-refractivity contribution in [2.75, 3.05) is 6.61 Å². The lowest BCUT2D eigenvalue weighted by atomic mass is 10.2. The SMILES string of the molecule is CC(CCO)n1nnc(C=O)c1C1CC1. The molecule has 5 nitrogen and oxygen atoms in total. The van der Waals surface area contributed by atoms with Gasteiger partial charge in [-0.2, -0.15) is 0 Å². The first-order chi connectivity index (χ1) is 7.27. The zero-order chi connectivity index (χ0) is 10.8. The van der Waals surface area contributed by atoms with Crippen LogP contribution in [0.3, 0.4) is 0 Å². The average Bonchev–Trinajstić information content (AvgIpc) is 2.97. The highest BCUT2D eigenvalue weighted by Gasteiger charge is 2.32. The molecule has 0 bridgehead atoms. The molecular formula is C10H15N3O2. The fourth-order valence-electron chi connectivity index (χ4n) is 1.78. The van der Waals surface area contributed by atoms with Crippen LogP contribution in [0.15, 0.2) is 0 Å². The predicted octanol–water partition coefficient (Wildman–Crippen LogP) is 0.911. The molecule has 82 valence electrons. The van der Waals surface area contributed by atoms with Crippen LogP contribution in [0.1, 0.15) is 54.3 Å². The van der Waals surface area contributed by atoms with E-state index in [1.807, 2.05) is 6.92 Å². The molecule has 1 aromatic heterocycles. The number of aliphatic hydroxyl groups is 1. The maximum atomic E-state index is 10.8. The van der Waals surface area contributed by atoms with Crippen molar-refractivity contribution in [2.45, 2.75) is 38.1 Å². The van der Waals surface area contributed by atoms with E-state index >= 15 is 0 Å². The summed E-state index contributed by atoms with van der Waals surface area (Å²) < 4.78 is 1.79. The third-order valence-corrected chi connectivity index (χ3v) is 2.80. The van der Waals surface area contributed by atoms with Crippen molar-refractivity contribution in [1.82, 2.24) is 15.0 Å². The normalized spacial score (nSPS) is 17.7. The van der Waals surface area contributed by atoms with Gasteiger partial charge in [0.1, 0.15) is 5.69 Å². The van der Waals surface area contributed by atoms with Crippen LogP contribution in [0.4, 0.5) is 0 Å². The molecule has 0 saturated heterocycles. The summed E-state index contributed by atoms with van der Waals surface area (Å²) in [5.74, 6) is 0.446. The topological polar surface area (TPSA) is 68.0 Å². The molecule has 1 saturated carbocycles. The molecule has 1 fully saturated rings. The third kappa shape index (κ3) is 1.92. The number of rotatable bonds is 5. The molecule has 1 unspecified atom stereocenters. The van der Waals surface area contributed by atoms with Gasteiger partial charge in [-0.15, -0.1) is 5.10 Å². The minimum absolute atomic E-state index is 0.104. The fourth-order valence-corrected chi connectivity index (χ4v) is 1.78. The fraction of sp³-hybridized carbons (Fsp3) is 0.700. The Morgan fingerprint density at radius 3 is 2.93 bits per heavy atom. The van der Waals surface area contributed by atoms with Crippen LogP contribution in [-0.2, 0) is 0 Å². The molecule has 0 aromatic carbocycles. The van der Waals surface area contributed by atoms with E-state index in [0.29, 0.717) is 18.0 Å². The van der Waals surface area contributed by atoms with Crippen molar-refractivity contribution in [3.63, 3.8) is 0 Å². The summed E-state index contributed by atoms with van der Waals surface area (Å²) in [5.41, 5.74) is 1.41. The van der Waals surface area contributed by atoms with Gasteiger partial charge in [-0.05, 0) is 26.2 Å². The number of aromatic nitrogens is 3. The molecule has 1 N–H and O–H groups in total. The lowest BCUT2D eigenvalue weighted by Crippen LogP contribution is -2.12. The standard InChI is InChI=1S/C10H15N3O2/c1-7(4-5-14)13-10(8-2-3-8)9(6-15)11-12-13/h6-8,14H,2-5H2,1H3. The summed E-state index contributed by atoms with van der Waals surface area (Å²) >= 11 is 0. The third-order valence-electron chi connectivity index (χ3n) is 2.80. The second kappa shape index (κ2) is 4.10. The van der Waals surface area contributed by atoms with Gasteiger partial charge in [0.2, 0.25) is 0 Å². The van der Waals surface area contributed by atoms with Gasteiger partial charge < -0.3 is 5.11 Å². The molecule has 15 heavy (non-hydrogen) atoms. The first kappa shape index (κ1) is 10.3. The summed E-state index contributed by atoms with van der Waals surface area (Å²) in [6.07, 6.45) is 3.63. The van der Waals surface area contributed by atoms with Crippen LogP contribution in [-0.4, -0.2) is 33.0 Å². The van der Waals surface area contributed by atoms with Crippen LogP contribution < -0.4 is 0 Å². The highest BCUT2D eigenvalue weighted by atomic mass is 16.3. The van der Waals surface area contributed by atoms with Crippen LogP contribution in [0.5, 0.6) is 0 Å². The van der Waals surface area contributed by atoms with Crippen molar-refractivity contribution in [2.24, 2.45) is 0 Å². The Kier molecular flexibility index (Phi) is 2.81. The Balaban J connectivity index is 2.29. The summed E-state index contributed by atoms with van der Waals surface area (Å²) in [4.78, 5) is 10.8. The summed E-state index contributed by atoms with van der Waals surface area (Å²) in [5, 5.41) is 16.7. The monoisotopic (exact) mass is 209 g/mol. The van der Waals surface area contributed by atoms with Crippen LogP contribution in [0.25, 0.3) is 0 Å². The van der Waals surface area contributed by atoms with Gasteiger partial charge in [-0.3, -0.25) is 4.79 Å². The maximum Gasteiger partial charge on any atom is 0.172 e. The zero-order valence-corrected chi connectivity index (χ0v) is 8.76. The molecule has 0 spiro atoms. The van der Waals surface area contributed by atoms with Crippen LogP contribution >= 0.6 is 0 Å². The molecule has 1 aliphatic rings. The number of aldehydes is 1. The molecule has 5 heteroatoms. The van der Waals surface area contributed by atoms with Gasteiger partial charge in [-0.25, -0.2) is 4.68 Å². The molecule has 0 amide bonds. The largest absolute Gasteiger partial charge is 0.396 e. The number of carbonyl (C=O) groups is 1. The summed E-state index contributed by atoms with van der Waals surface area (Å²) in [6, 6.07) is 0.104. The number of hydrogen-bond donors (Lipinski definition) is 1. The first-order valence-corrected chi connectivity index (χ1v) is 5.29. The van der Waals surface area contributed by atoms with Crippen molar-refractivity contribution in [3.05, 3.63) is 11.4 Å². The second-order valence-corrected chi connectivity index (χ2v) is 4.06. The Morgan fingerprint density at radius 2 is 2.40 bits per heavy atom. The van der Waals surface area contributed by atoms with E-state index < -0.39 is 0 Å². The lowest BCUT2D eigenvalue weighted by molar-refractivity contribution is 0.111. The highest BCUT2D eigenvalue weighted by molar-refractivity contribution is 5.73. The van der Waals surface area contributed by atoms with E-state index in [1.54, 1.807) is 4.68 Å². The Bertz CT molecular complexity index is 358. The number of nitrogens with zero attached hydrogens (tertiary/aromatic N) is 3. The minimum atomic E-state index is 0.104. The van der Waals surface area contributed by atoms with Crippen molar-refractivity contribution in [1.29, 1.82) is 0 Å². The van der Waals surface area contributed by atoms with E-state index in [4.69, 9.17) is 5.11 Å². The summed E-state index contributed by atoms with van der Waals surface area (Å²) in [7, 11) is 0. The molecule has 1 aliphatic carbocycles. The van der Waals surface area contributed by atoms with E-state index in [1.165, 1.54) is 0 Å². The molecule has 2 rings (SSSR count). The van der Waals surface area contributed by atoms with E-state index in [2.05, 4.69) is 10.3 Å². The quantitative estimate of drug-likeness (QED) is 0.732. The molecule has 0 aliphatic heterocycles. The molecule has 0 radical (unpaired) electrons. The zero-order valence-electron chi connectivity index (χ0n) is 8.76.